The number of aryl methyl sites for hydroxylation is 1. The molecular weight excluding hydrogens is 372 g/mol. The van der Waals surface area contributed by atoms with Crippen molar-refractivity contribution in [1.82, 2.24) is 19.7 Å². The van der Waals surface area contributed by atoms with Crippen molar-refractivity contribution in [3.8, 4) is 5.75 Å². The Kier molecular flexibility index (Phi) is 5.81. The van der Waals surface area contributed by atoms with E-state index >= 15 is 0 Å². The quantitative estimate of drug-likeness (QED) is 0.659. The van der Waals surface area contributed by atoms with Crippen LogP contribution in [0.1, 0.15) is 41.5 Å². The minimum atomic E-state index is -1.03. The van der Waals surface area contributed by atoms with Crippen molar-refractivity contribution in [2.24, 2.45) is 0 Å². The van der Waals surface area contributed by atoms with Crippen LogP contribution in [0, 0.1) is 6.92 Å². The number of benzene rings is 1. The van der Waals surface area contributed by atoms with Crippen molar-refractivity contribution in [1.29, 1.82) is 0 Å². The Morgan fingerprint density at radius 1 is 1.24 bits per heavy atom. The van der Waals surface area contributed by atoms with E-state index in [1.54, 1.807) is 36.3 Å². The number of rotatable bonds is 7. The van der Waals surface area contributed by atoms with Crippen LogP contribution in [0.3, 0.4) is 0 Å². The molecule has 2 aromatic heterocycles. The van der Waals surface area contributed by atoms with Gasteiger partial charge in [0.1, 0.15) is 5.75 Å². The molecule has 0 radical (unpaired) electrons. The first-order chi connectivity index (χ1) is 13.8. The van der Waals surface area contributed by atoms with Crippen molar-refractivity contribution in [2.45, 2.75) is 33.4 Å². The third kappa shape index (κ3) is 4.53. The van der Waals surface area contributed by atoms with Crippen LogP contribution in [0.15, 0.2) is 36.5 Å². The molecule has 29 heavy (non-hydrogen) atoms. The molecule has 0 aliphatic carbocycles. The highest BCUT2D eigenvalue weighted by atomic mass is 16.5. The lowest BCUT2D eigenvalue weighted by atomic mass is 10.1. The van der Waals surface area contributed by atoms with Crippen LogP contribution in [0.4, 0.5) is 0 Å². The second-order valence-electron chi connectivity index (χ2n) is 7.22. The maximum atomic E-state index is 13.1. The van der Waals surface area contributed by atoms with Gasteiger partial charge in [0, 0.05) is 25.3 Å². The van der Waals surface area contributed by atoms with E-state index in [4.69, 9.17) is 9.84 Å². The number of amides is 1. The zero-order chi connectivity index (χ0) is 21.1. The van der Waals surface area contributed by atoms with Crippen molar-refractivity contribution in [3.63, 3.8) is 0 Å². The topological polar surface area (TPSA) is 97.5 Å². The van der Waals surface area contributed by atoms with E-state index in [0.29, 0.717) is 23.5 Å². The summed E-state index contributed by atoms with van der Waals surface area (Å²) >= 11 is 0. The fourth-order valence-electron chi connectivity index (χ4n) is 3.09. The molecule has 0 saturated carbocycles. The number of aromatic nitrogens is 3. The van der Waals surface area contributed by atoms with Gasteiger partial charge in [0.15, 0.2) is 12.3 Å². The van der Waals surface area contributed by atoms with Gasteiger partial charge in [-0.2, -0.15) is 5.10 Å². The van der Waals surface area contributed by atoms with Crippen molar-refractivity contribution in [3.05, 3.63) is 53.3 Å². The molecule has 1 aromatic carbocycles. The number of nitrogens with zero attached hydrogens (tertiary/aromatic N) is 4. The third-order valence-corrected chi connectivity index (χ3v) is 4.47. The largest absolute Gasteiger partial charge is 0.482 e. The van der Waals surface area contributed by atoms with Crippen molar-refractivity contribution in [2.75, 3.05) is 13.7 Å². The molecule has 8 nitrogen and oxygen atoms in total. The molecule has 0 unspecified atom stereocenters. The van der Waals surface area contributed by atoms with Gasteiger partial charge in [-0.15, -0.1) is 0 Å². The summed E-state index contributed by atoms with van der Waals surface area (Å²) in [6, 6.07) is 8.94. The lowest BCUT2D eigenvalue weighted by Crippen LogP contribution is -2.26. The molecule has 0 saturated heterocycles. The van der Waals surface area contributed by atoms with Gasteiger partial charge in [-0.1, -0.05) is 12.1 Å². The third-order valence-electron chi connectivity index (χ3n) is 4.47. The van der Waals surface area contributed by atoms with E-state index in [1.807, 2.05) is 37.6 Å². The first kappa shape index (κ1) is 20.3. The van der Waals surface area contributed by atoms with E-state index in [-0.39, 0.29) is 18.6 Å². The number of aliphatic carboxylic acids is 1. The SMILES string of the molecule is Cc1cc(C(=O)N(C)Cc2ccc(OCC(=O)O)cc2)c2cnn(C(C)C)c2n1. The molecule has 8 heteroatoms. The number of carbonyl (C=O) groups excluding carboxylic acids is 1. The molecule has 0 bridgehead atoms. The maximum absolute atomic E-state index is 13.1. The molecule has 3 aromatic rings. The fraction of sp³-hybridized carbons (Fsp3) is 0.333. The lowest BCUT2D eigenvalue weighted by molar-refractivity contribution is -0.139. The minimum Gasteiger partial charge on any atom is -0.482 e. The smallest absolute Gasteiger partial charge is 0.341 e. The predicted molar refractivity (Wildman–Crippen MR) is 108 cm³/mol. The number of hydrogen-bond acceptors (Lipinski definition) is 5. The Balaban J connectivity index is 1.79. The Labute approximate surface area is 168 Å². The molecule has 2 heterocycles. The molecule has 0 aliphatic rings. The van der Waals surface area contributed by atoms with Crippen LogP contribution in [-0.2, 0) is 11.3 Å². The molecule has 0 fully saturated rings. The number of carbonyl (C=O) groups is 2. The molecular formula is C21H24N4O4. The number of hydrogen-bond donors (Lipinski definition) is 1. The van der Waals surface area contributed by atoms with Crippen LogP contribution in [-0.4, -0.2) is 50.3 Å². The highest BCUT2D eigenvalue weighted by molar-refractivity contribution is 6.05. The summed E-state index contributed by atoms with van der Waals surface area (Å²) in [4.78, 5) is 29.9. The standard InChI is InChI=1S/C21H24N4O4/c1-13(2)25-20-18(10-22-25)17(9-14(3)23-20)21(28)24(4)11-15-5-7-16(8-6-15)29-12-19(26)27/h5-10,13H,11-12H2,1-4H3,(H,26,27). The Morgan fingerprint density at radius 3 is 2.55 bits per heavy atom. The maximum Gasteiger partial charge on any atom is 0.341 e. The van der Waals surface area contributed by atoms with E-state index < -0.39 is 5.97 Å². The number of fused-ring (bicyclic) bond motifs is 1. The number of carboxylic acid groups (broad SMARTS) is 1. The number of ether oxygens (including phenoxy) is 1. The van der Waals surface area contributed by atoms with Gasteiger partial charge in [0.05, 0.1) is 17.1 Å². The summed E-state index contributed by atoms with van der Waals surface area (Å²) in [6.45, 7) is 5.92. The van der Waals surface area contributed by atoms with Crippen LogP contribution in [0.2, 0.25) is 0 Å². The molecule has 1 amide bonds. The molecule has 1 N–H and O–H groups in total. The molecule has 0 spiro atoms. The molecule has 0 atom stereocenters. The van der Waals surface area contributed by atoms with E-state index in [9.17, 15) is 9.59 Å². The van der Waals surface area contributed by atoms with E-state index in [0.717, 1.165) is 16.6 Å². The van der Waals surface area contributed by atoms with Crippen molar-refractivity contribution >= 4 is 22.9 Å². The normalized spacial score (nSPS) is 11.1. The second kappa shape index (κ2) is 8.30. The zero-order valence-electron chi connectivity index (χ0n) is 16.9. The monoisotopic (exact) mass is 396 g/mol. The lowest BCUT2D eigenvalue weighted by Gasteiger charge is -2.18. The summed E-state index contributed by atoms with van der Waals surface area (Å²) < 4.78 is 6.95. The number of carboxylic acids is 1. The molecule has 3 rings (SSSR count). The highest BCUT2D eigenvalue weighted by Gasteiger charge is 2.19. The Morgan fingerprint density at radius 2 is 1.93 bits per heavy atom. The first-order valence-corrected chi connectivity index (χ1v) is 9.30. The summed E-state index contributed by atoms with van der Waals surface area (Å²) in [6.07, 6.45) is 1.69. The summed E-state index contributed by atoms with van der Waals surface area (Å²) in [7, 11) is 1.74. The fourth-order valence-corrected chi connectivity index (χ4v) is 3.09. The molecule has 0 aliphatic heterocycles. The van der Waals surface area contributed by atoms with E-state index in [1.165, 1.54) is 0 Å². The van der Waals surface area contributed by atoms with Crippen LogP contribution in [0.25, 0.3) is 11.0 Å². The number of pyridine rings is 1. The molecule has 152 valence electrons. The highest BCUT2D eigenvalue weighted by Crippen LogP contribution is 2.23. The minimum absolute atomic E-state index is 0.116. The van der Waals surface area contributed by atoms with Gasteiger partial charge in [-0.05, 0) is 44.5 Å². The average Bonchev–Trinajstić information content (AvgIpc) is 3.10. The van der Waals surface area contributed by atoms with Crippen LogP contribution >= 0.6 is 0 Å². The first-order valence-electron chi connectivity index (χ1n) is 9.30. The van der Waals surface area contributed by atoms with Gasteiger partial charge in [-0.25, -0.2) is 14.5 Å². The van der Waals surface area contributed by atoms with Gasteiger partial charge in [0.2, 0.25) is 0 Å². The Bertz CT molecular complexity index is 1040. The van der Waals surface area contributed by atoms with Crippen LogP contribution in [0.5, 0.6) is 5.75 Å². The Hall–Kier alpha value is -3.42. The van der Waals surface area contributed by atoms with Crippen LogP contribution < -0.4 is 4.74 Å². The van der Waals surface area contributed by atoms with Crippen molar-refractivity contribution < 1.29 is 19.4 Å². The average molecular weight is 396 g/mol. The predicted octanol–water partition coefficient (Wildman–Crippen LogP) is 3.06. The van der Waals surface area contributed by atoms with Gasteiger partial charge in [0.25, 0.3) is 5.91 Å². The zero-order valence-corrected chi connectivity index (χ0v) is 16.9. The van der Waals surface area contributed by atoms with Gasteiger partial charge in [-0.3, -0.25) is 4.79 Å². The summed E-state index contributed by atoms with van der Waals surface area (Å²) in [5.74, 6) is -0.674. The van der Waals surface area contributed by atoms with E-state index in [2.05, 4.69) is 10.1 Å². The van der Waals surface area contributed by atoms with Gasteiger partial charge < -0.3 is 14.7 Å². The second-order valence-corrected chi connectivity index (χ2v) is 7.22. The van der Waals surface area contributed by atoms with Gasteiger partial charge >= 0.3 is 5.97 Å². The summed E-state index contributed by atoms with van der Waals surface area (Å²) in [5.41, 5.74) is 2.94. The summed E-state index contributed by atoms with van der Waals surface area (Å²) in [5, 5.41) is 13.8.